The van der Waals surface area contributed by atoms with Gasteiger partial charge in [0.2, 0.25) is 0 Å². The summed E-state index contributed by atoms with van der Waals surface area (Å²) in [6.07, 6.45) is 9.47. The molecule has 0 atom stereocenters. The van der Waals surface area contributed by atoms with E-state index in [1.54, 1.807) is 75.0 Å². The number of hydrogen-bond donors (Lipinski definition) is 2. The van der Waals surface area contributed by atoms with Gasteiger partial charge in [-0.2, -0.15) is 10.5 Å². The number of likely N-dealkylation sites (N-methyl/N-ethyl adjacent to an activating group) is 2. The van der Waals surface area contributed by atoms with Crippen LogP contribution in [0, 0.1) is 22.7 Å². The van der Waals surface area contributed by atoms with Crippen LogP contribution in [0.15, 0.2) is 94.3 Å². The number of furan rings is 2. The molecule has 3 aliphatic heterocycles. The topological polar surface area (TPSA) is 306 Å². The number of hydrogen-bond acceptors (Lipinski definition) is 22. The minimum absolute atomic E-state index is 0.0147. The lowest BCUT2D eigenvalue weighted by Gasteiger charge is -2.32. The Labute approximate surface area is 513 Å². The van der Waals surface area contributed by atoms with Crippen molar-refractivity contribution in [2.75, 3.05) is 81.0 Å². The van der Waals surface area contributed by atoms with Gasteiger partial charge in [-0.1, -0.05) is 11.6 Å². The molecule has 11 heterocycles. The Morgan fingerprint density at radius 2 is 1.10 bits per heavy atom. The monoisotopic (exact) mass is 1220 g/mol. The van der Waals surface area contributed by atoms with Crippen LogP contribution in [0.2, 0.25) is 5.02 Å². The molecule has 0 aromatic carbocycles. The Morgan fingerprint density at radius 1 is 0.636 bits per heavy atom. The molecule has 11 rings (SSSR count). The number of ether oxygens (including phenoxy) is 6. The van der Waals surface area contributed by atoms with Gasteiger partial charge in [-0.05, 0) is 64.1 Å². The third-order valence-electron chi connectivity index (χ3n) is 15.1. The molecule has 26 heteroatoms. The zero-order chi connectivity index (χ0) is 62.7. The predicted molar refractivity (Wildman–Crippen MR) is 322 cm³/mol. The van der Waals surface area contributed by atoms with E-state index in [1.807, 2.05) is 27.7 Å². The molecule has 0 radical (unpaired) electrons. The maximum absolute atomic E-state index is 12.6. The second-order valence-electron chi connectivity index (χ2n) is 21.5. The zero-order valence-corrected chi connectivity index (χ0v) is 50.7. The van der Waals surface area contributed by atoms with Gasteiger partial charge in [0.05, 0.1) is 92.5 Å². The van der Waals surface area contributed by atoms with Gasteiger partial charge < -0.3 is 66.6 Å². The van der Waals surface area contributed by atoms with E-state index in [0.717, 1.165) is 25.7 Å². The van der Waals surface area contributed by atoms with Crippen LogP contribution >= 0.6 is 11.6 Å². The van der Waals surface area contributed by atoms with Gasteiger partial charge in [-0.3, -0.25) is 29.5 Å². The highest BCUT2D eigenvalue weighted by atomic mass is 35.5. The number of aliphatic hydroxyl groups is 2. The number of carbonyl (C=O) groups excluding carboxylic acids is 2. The third kappa shape index (κ3) is 14.4. The molecular formula is C62H66BClN10O14. The van der Waals surface area contributed by atoms with Crippen molar-refractivity contribution in [1.82, 2.24) is 39.7 Å². The van der Waals surface area contributed by atoms with E-state index < -0.39 is 18.3 Å². The maximum Gasteiger partial charge on any atom is 0.514 e. The van der Waals surface area contributed by atoms with E-state index >= 15 is 0 Å². The Kier molecular flexibility index (Phi) is 20.5. The van der Waals surface area contributed by atoms with Crippen LogP contribution in [0.1, 0.15) is 85.7 Å². The average Bonchev–Trinajstić information content (AvgIpc) is 3.04. The average molecular weight is 1220 g/mol. The number of methoxy groups -OCH3 is 2. The van der Waals surface area contributed by atoms with Crippen molar-refractivity contribution in [3.05, 3.63) is 113 Å². The van der Waals surface area contributed by atoms with Crippen LogP contribution in [-0.2, 0) is 18.8 Å². The molecule has 0 unspecified atom stereocenters. The molecule has 0 aliphatic carbocycles. The third-order valence-corrected chi connectivity index (χ3v) is 15.4. The van der Waals surface area contributed by atoms with Crippen LogP contribution in [0.25, 0.3) is 56.1 Å². The number of nitriles is 2. The molecule has 458 valence electrons. The smallest absolute Gasteiger partial charge is 0.496 e. The zero-order valence-electron chi connectivity index (χ0n) is 49.9. The van der Waals surface area contributed by atoms with Gasteiger partial charge in [0.15, 0.2) is 34.1 Å². The normalized spacial score (nSPS) is 15.4. The first-order chi connectivity index (χ1) is 42.4. The summed E-state index contributed by atoms with van der Waals surface area (Å²) < 4.78 is 57.6. The largest absolute Gasteiger partial charge is 0.514 e. The highest BCUT2D eigenvalue weighted by molar-refractivity contribution is 6.61. The van der Waals surface area contributed by atoms with Crippen LogP contribution in [0.3, 0.4) is 0 Å². The fraction of sp³-hybridized carbons (Fsp3) is 0.387. The first-order valence-corrected chi connectivity index (χ1v) is 28.7. The van der Waals surface area contributed by atoms with Crippen molar-refractivity contribution >= 4 is 58.3 Å². The lowest BCUT2D eigenvalue weighted by atomic mass is 9.84. The van der Waals surface area contributed by atoms with Crippen molar-refractivity contribution in [1.29, 1.82) is 10.5 Å². The number of nitrogens with zero attached hydrogens (tertiary/aromatic N) is 10. The molecule has 8 aromatic heterocycles. The summed E-state index contributed by atoms with van der Waals surface area (Å²) in [6, 6.07) is 21.3. The second-order valence-corrected chi connectivity index (χ2v) is 21.9. The number of rotatable bonds is 16. The lowest BCUT2D eigenvalue weighted by molar-refractivity contribution is 0.00578. The number of fused-ring (bicyclic) bond motifs is 2. The van der Waals surface area contributed by atoms with Crippen molar-refractivity contribution in [3.8, 4) is 69.0 Å². The summed E-state index contributed by atoms with van der Waals surface area (Å²) >= 11 is 6.11. The summed E-state index contributed by atoms with van der Waals surface area (Å²) in [7, 11) is 5.59. The first kappa shape index (κ1) is 63.7. The number of carbonyl (C=O) groups is 2. The number of pyridine rings is 6. The highest BCUT2D eigenvalue weighted by Crippen LogP contribution is 2.40. The summed E-state index contributed by atoms with van der Waals surface area (Å²) in [6.45, 7) is 10.7. The molecular weight excluding hydrogens is 1160 g/mol. The summed E-state index contributed by atoms with van der Waals surface area (Å²) in [4.78, 5) is 53.7. The fourth-order valence-corrected chi connectivity index (χ4v) is 9.66. The minimum Gasteiger partial charge on any atom is -0.496 e. The number of halogens is 1. The van der Waals surface area contributed by atoms with Crippen LogP contribution < -0.4 is 24.5 Å². The van der Waals surface area contributed by atoms with Crippen molar-refractivity contribution in [3.63, 3.8) is 0 Å². The first-order valence-electron chi connectivity index (χ1n) is 28.3. The van der Waals surface area contributed by atoms with Gasteiger partial charge in [-0.15, -0.1) is 0 Å². The van der Waals surface area contributed by atoms with E-state index in [9.17, 15) is 20.1 Å². The predicted octanol–water partition coefficient (Wildman–Crippen LogP) is 7.88. The van der Waals surface area contributed by atoms with Gasteiger partial charge in [-0.25, -0.2) is 9.97 Å². The van der Waals surface area contributed by atoms with Crippen LogP contribution in [-0.4, -0.2) is 173 Å². The maximum atomic E-state index is 12.6. The molecule has 0 bridgehead atoms. The highest BCUT2D eigenvalue weighted by Gasteiger charge is 2.52. The Bertz CT molecular complexity index is 3860. The minimum atomic E-state index is -0.584. The molecule has 88 heavy (non-hydrogen) atoms. The van der Waals surface area contributed by atoms with Crippen LogP contribution in [0.5, 0.6) is 23.0 Å². The quantitative estimate of drug-likeness (QED) is 0.0869. The molecule has 0 saturated carbocycles. The number of amides is 2. The van der Waals surface area contributed by atoms with Crippen LogP contribution in [0.4, 0.5) is 0 Å². The molecule has 0 spiro atoms. The van der Waals surface area contributed by atoms with Gasteiger partial charge in [0.25, 0.3) is 11.8 Å². The standard InChI is InChI=1S/C28H27N5O6.C17H23BN2O4.C17H16ClN3O4/c1-33(9-10-34)28(35)22-14-25(36-2)19(16-31-22)26-13-21-27(39-26)18(5-8-30-21)20-3-4-24(23(15-29)32-20)38-17-6-11-37-12-7-17;1-16(2)17(3,4)24-18(23-16)15-6-5-14(13(11-19)20-15)22-12-7-9-21-10-8-12;1-21(5-6-22)17(23)13-8-14(24-2)10(9-20-13)15-7-12-16(25-15)11(18)3-4-19-12/h3-5,8,13-14,16-17,34H,6-7,9-12H2,1-2H3;5-6,12H,7-10H2,1-4H3;3-4,7-9,22H,5-6H2,1-2H3. The molecule has 3 fully saturated rings. The molecule has 3 saturated heterocycles. The number of aliphatic hydroxyl groups excluding tert-OH is 2. The van der Waals surface area contributed by atoms with Crippen molar-refractivity contribution < 1.29 is 66.4 Å². The molecule has 3 aliphatic rings. The van der Waals surface area contributed by atoms with E-state index in [1.165, 1.54) is 48.5 Å². The Morgan fingerprint density at radius 3 is 1.58 bits per heavy atom. The molecule has 8 aromatic rings. The van der Waals surface area contributed by atoms with E-state index in [-0.39, 0.29) is 73.1 Å². The Balaban J connectivity index is 0.000000164. The molecule has 2 N–H and O–H groups in total. The summed E-state index contributed by atoms with van der Waals surface area (Å²) in [5.74, 6) is 2.05. The Hall–Kier alpha value is -8.79. The molecule has 2 amide bonds. The number of aromatic nitrogens is 6. The van der Waals surface area contributed by atoms with Gasteiger partial charge in [0, 0.05) is 107 Å². The summed E-state index contributed by atoms with van der Waals surface area (Å²) in [5, 5.41) is 37.7. The second kappa shape index (κ2) is 28.4. The van der Waals surface area contributed by atoms with Gasteiger partial charge in [0.1, 0.15) is 69.8 Å². The summed E-state index contributed by atoms with van der Waals surface area (Å²) in [5.41, 5.74) is 5.01. The van der Waals surface area contributed by atoms with Crippen molar-refractivity contribution in [2.45, 2.75) is 76.8 Å². The SMILES string of the molecule is CC1(C)OB(c2ccc(OC3CCOCC3)c(C#N)n2)OC1(C)C.COc1cc(C(=O)N(C)CCO)ncc1-c1cc2nccc(-c3ccc(OC4CCOCC4)c(C#N)n3)c2o1.COc1cc(C(=O)N(C)CCO)ncc1-c1cc2nccc(Cl)c2o1. The van der Waals surface area contributed by atoms with E-state index in [4.69, 9.17) is 68.4 Å². The van der Waals surface area contributed by atoms with Crippen molar-refractivity contribution in [2.24, 2.45) is 0 Å². The van der Waals surface area contributed by atoms with E-state index in [0.29, 0.717) is 116 Å². The fourth-order valence-electron chi connectivity index (χ4n) is 9.47. The van der Waals surface area contributed by atoms with Gasteiger partial charge >= 0.3 is 7.12 Å². The van der Waals surface area contributed by atoms with E-state index in [2.05, 4.69) is 42.0 Å². The molecule has 24 nitrogen and oxygen atoms in total. The lowest BCUT2D eigenvalue weighted by Crippen LogP contribution is -2.41.